The predicted molar refractivity (Wildman–Crippen MR) is 80.5 cm³/mol. The molecule has 0 spiro atoms. The molecule has 4 nitrogen and oxygen atoms in total. The van der Waals surface area contributed by atoms with E-state index in [2.05, 4.69) is 31.0 Å². The Balaban J connectivity index is 4.42. The average molecular weight is 272 g/mol. The highest BCUT2D eigenvalue weighted by atomic mass is 16.4. The van der Waals surface area contributed by atoms with Gasteiger partial charge in [-0.15, -0.1) is 0 Å². The Kier molecular flexibility index (Phi) is 9.02. The molecule has 114 valence electrons. The number of carboxylic acid groups (broad SMARTS) is 1. The van der Waals surface area contributed by atoms with Gasteiger partial charge in [0.15, 0.2) is 0 Å². The number of nitrogens with one attached hydrogen (secondary N) is 1. The van der Waals surface area contributed by atoms with E-state index in [0.29, 0.717) is 13.0 Å². The van der Waals surface area contributed by atoms with Gasteiger partial charge >= 0.3 is 5.97 Å². The molecule has 0 bridgehead atoms. The summed E-state index contributed by atoms with van der Waals surface area (Å²) in [5, 5.41) is 12.4. The maximum absolute atomic E-state index is 11.4. The zero-order chi connectivity index (χ0) is 14.9. The molecule has 4 heteroatoms. The third-order valence-electron chi connectivity index (χ3n) is 4.09. The van der Waals surface area contributed by atoms with E-state index >= 15 is 0 Å². The first kappa shape index (κ1) is 18.4. The quantitative estimate of drug-likeness (QED) is 0.607. The van der Waals surface area contributed by atoms with Crippen molar-refractivity contribution in [2.24, 2.45) is 5.92 Å². The zero-order valence-corrected chi connectivity index (χ0v) is 13.3. The highest BCUT2D eigenvalue weighted by Gasteiger charge is 2.32. The fraction of sp³-hybridized carbons (Fsp3) is 0.933. The molecule has 0 fully saturated rings. The lowest BCUT2D eigenvalue weighted by atomic mass is 9.96. The number of carboxylic acids is 1. The third kappa shape index (κ3) is 6.39. The lowest BCUT2D eigenvalue weighted by molar-refractivity contribution is -0.144. The van der Waals surface area contributed by atoms with Crippen molar-refractivity contribution in [3.63, 3.8) is 0 Å². The molecule has 0 aliphatic rings. The van der Waals surface area contributed by atoms with E-state index in [4.69, 9.17) is 0 Å². The summed E-state index contributed by atoms with van der Waals surface area (Å²) in [5.74, 6) is -0.0388. The van der Waals surface area contributed by atoms with Crippen molar-refractivity contribution in [2.75, 3.05) is 26.2 Å². The highest BCUT2D eigenvalue weighted by molar-refractivity contribution is 5.78. The zero-order valence-electron chi connectivity index (χ0n) is 13.3. The Morgan fingerprint density at radius 1 is 1.26 bits per heavy atom. The summed E-state index contributed by atoms with van der Waals surface area (Å²) in [6.45, 7) is 13.9. The van der Waals surface area contributed by atoms with Crippen LogP contribution >= 0.6 is 0 Å². The van der Waals surface area contributed by atoms with E-state index in [9.17, 15) is 9.90 Å². The number of aliphatic carboxylic acids is 1. The first-order valence-corrected chi connectivity index (χ1v) is 7.64. The standard InChI is InChI=1S/C15H32N2O2/c1-6-13(7-2)12-17(9-4)11-10-15(5,14(18)19)16-8-3/h13,16H,6-12H2,1-5H3,(H,18,19). The topological polar surface area (TPSA) is 52.6 Å². The molecule has 0 saturated heterocycles. The van der Waals surface area contributed by atoms with Gasteiger partial charge in [-0.3, -0.25) is 4.79 Å². The van der Waals surface area contributed by atoms with Crippen molar-refractivity contribution in [2.45, 2.75) is 59.4 Å². The van der Waals surface area contributed by atoms with Gasteiger partial charge in [0, 0.05) is 13.1 Å². The van der Waals surface area contributed by atoms with Gasteiger partial charge in [0.05, 0.1) is 0 Å². The monoisotopic (exact) mass is 272 g/mol. The smallest absolute Gasteiger partial charge is 0.323 e. The van der Waals surface area contributed by atoms with E-state index in [1.807, 2.05) is 6.92 Å². The minimum absolute atomic E-state index is 0.643. The number of likely N-dealkylation sites (N-methyl/N-ethyl adjacent to an activating group) is 1. The molecule has 0 aromatic heterocycles. The maximum atomic E-state index is 11.4. The minimum Gasteiger partial charge on any atom is -0.480 e. The van der Waals surface area contributed by atoms with Crippen molar-refractivity contribution in [3.05, 3.63) is 0 Å². The summed E-state index contributed by atoms with van der Waals surface area (Å²) in [5.41, 5.74) is -0.809. The molecule has 19 heavy (non-hydrogen) atoms. The number of carbonyl (C=O) groups is 1. The van der Waals surface area contributed by atoms with Gasteiger partial charge in [-0.2, -0.15) is 0 Å². The van der Waals surface area contributed by atoms with E-state index in [1.165, 1.54) is 12.8 Å². The predicted octanol–water partition coefficient (Wildman–Crippen LogP) is 2.59. The van der Waals surface area contributed by atoms with E-state index < -0.39 is 11.5 Å². The van der Waals surface area contributed by atoms with Crippen molar-refractivity contribution in [3.8, 4) is 0 Å². The molecule has 0 aromatic rings. The van der Waals surface area contributed by atoms with Crippen LogP contribution in [0.5, 0.6) is 0 Å². The average Bonchev–Trinajstić information content (AvgIpc) is 2.39. The van der Waals surface area contributed by atoms with Crippen molar-refractivity contribution < 1.29 is 9.90 Å². The second-order valence-corrected chi connectivity index (χ2v) is 5.49. The minimum atomic E-state index is -0.809. The molecule has 0 aliphatic heterocycles. The van der Waals surface area contributed by atoms with E-state index in [0.717, 1.165) is 25.6 Å². The Labute approximate surface area is 118 Å². The Bertz CT molecular complexity index is 255. The second-order valence-electron chi connectivity index (χ2n) is 5.49. The molecule has 0 heterocycles. The number of hydrogen-bond donors (Lipinski definition) is 2. The molecule has 1 unspecified atom stereocenters. The van der Waals surface area contributed by atoms with Crippen LogP contribution in [0.4, 0.5) is 0 Å². The van der Waals surface area contributed by atoms with Crippen molar-refractivity contribution in [1.29, 1.82) is 0 Å². The van der Waals surface area contributed by atoms with Crippen molar-refractivity contribution >= 4 is 5.97 Å². The molecule has 0 saturated carbocycles. The number of hydrogen-bond acceptors (Lipinski definition) is 3. The van der Waals surface area contributed by atoms with Gasteiger partial charge in [0.2, 0.25) is 0 Å². The third-order valence-corrected chi connectivity index (χ3v) is 4.09. The van der Waals surface area contributed by atoms with Crippen LogP contribution in [0.15, 0.2) is 0 Å². The molecule has 0 aliphatic carbocycles. The SMILES string of the molecule is CCNC(C)(CCN(CC)CC(CC)CC)C(=O)O. The Morgan fingerprint density at radius 3 is 2.21 bits per heavy atom. The van der Waals surface area contributed by atoms with Crippen LogP contribution in [0.1, 0.15) is 53.9 Å². The fourth-order valence-electron chi connectivity index (χ4n) is 2.33. The van der Waals surface area contributed by atoms with Gasteiger partial charge in [-0.1, -0.05) is 40.5 Å². The first-order chi connectivity index (χ1) is 8.93. The summed E-state index contributed by atoms with van der Waals surface area (Å²) >= 11 is 0. The largest absolute Gasteiger partial charge is 0.480 e. The van der Waals surface area contributed by atoms with Crippen molar-refractivity contribution in [1.82, 2.24) is 10.2 Å². The van der Waals surface area contributed by atoms with Crippen LogP contribution < -0.4 is 5.32 Å². The van der Waals surface area contributed by atoms with Crippen LogP contribution in [-0.2, 0) is 4.79 Å². The summed E-state index contributed by atoms with van der Waals surface area (Å²) < 4.78 is 0. The molecular weight excluding hydrogens is 240 g/mol. The summed E-state index contributed by atoms with van der Waals surface area (Å²) in [6, 6.07) is 0. The lowest BCUT2D eigenvalue weighted by Gasteiger charge is -2.31. The molecule has 2 N–H and O–H groups in total. The first-order valence-electron chi connectivity index (χ1n) is 7.64. The normalized spacial score (nSPS) is 14.9. The van der Waals surface area contributed by atoms with Crippen LogP contribution in [-0.4, -0.2) is 47.7 Å². The Morgan fingerprint density at radius 2 is 1.84 bits per heavy atom. The molecule has 0 radical (unpaired) electrons. The van der Waals surface area contributed by atoms with Crippen LogP contribution in [0.2, 0.25) is 0 Å². The molecule has 0 amide bonds. The highest BCUT2D eigenvalue weighted by Crippen LogP contribution is 2.14. The summed E-state index contributed by atoms with van der Waals surface area (Å²) in [6.07, 6.45) is 3.02. The summed E-state index contributed by atoms with van der Waals surface area (Å²) in [7, 11) is 0. The Hall–Kier alpha value is -0.610. The van der Waals surface area contributed by atoms with Crippen LogP contribution in [0, 0.1) is 5.92 Å². The number of rotatable bonds is 11. The lowest BCUT2D eigenvalue weighted by Crippen LogP contribution is -2.51. The second kappa shape index (κ2) is 9.32. The molecular formula is C15H32N2O2. The number of nitrogens with zero attached hydrogens (tertiary/aromatic N) is 1. The van der Waals surface area contributed by atoms with Crippen LogP contribution in [0.25, 0.3) is 0 Å². The van der Waals surface area contributed by atoms with E-state index in [1.54, 1.807) is 6.92 Å². The van der Waals surface area contributed by atoms with Gasteiger partial charge in [-0.05, 0) is 32.4 Å². The molecule has 1 atom stereocenters. The fourth-order valence-corrected chi connectivity index (χ4v) is 2.33. The van der Waals surface area contributed by atoms with Gasteiger partial charge < -0.3 is 15.3 Å². The van der Waals surface area contributed by atoms with Crippen LogP contribution in [0.3, 0.4) is 0 Å². The van der Waals surface area contributed by atoms with Gasteiger partial charge in [0.25, 0.3) is 0 Å². The van der Waals surface area contributed by atoms with E-state index in [-0.39, 0.29) is 0 Å². The maximum Gasteiger partial charge on any atom is 0.323 e. The van der Waals surface area contributed by atoms with Gasteiger partial charge in [0.1, 0.15) is 5.54 Å². The summed E-state index contributed by atoms with van der Waals surface area (Å²) in [4.78, 5) is 13.7. The van der Waals surface area contributed by atoms with Gasteiger partial charge in [-0.25, -0.2) is 0 Å². The molecule has 0 aromatic carbocycles. The molecule has 0 rings (SSSR count).